The summed E-state index contributed by atoms with van der Waals surface area (Å²) in [6, 6.07) is 2.46. The normalized spacial score (nSPS) is 16.6. The van der Waals surface area contributed by atoms with Crippen LogP contribution in [0.2, 0.25) is 0 Å². The van der Waals surface area contributed by atoms with Crippen LogP contribution in [-0.2, 0) is 10.3 Å². The monoisotopic (exact) mass is 249 g/mol. The van der Waals surface area contributed by atoms with Crippen molar-refractivity contribution in [3.05, 3.63) is 34.6 Å². The Kier molecular flexibility index (Phi) is 3.01. The first kappa shape index (κ1) is 12.5. The molecule has 0 unspecified atom stereocenters. The number of carboxylic acids is 1. The fraction of sp³-hybridized carbons (Fsp3) is 0.385. The second-order valence-electron chi connectivity index (χ2n) is 4.54. The van der Waals surface area contributed by atoms with E-state index in [9.17, 15) is 14.0 Å². The quantitative estimate of drug-likeness (QED) is 0.661. The van der Waals surface area contributed by atoms with Crippen LogP contribution in [0.25, 0.3) is 0 Å². The highest BCUT2D eigenvalue weighted by Gasteiger charge is 2.40. The molecule has 0 aliphatic heterocycles. The van der Waals surface area contributed by atoms with Crippen LogP contribution >= 0.6 is 0 Å². The number of hydrogen-bond acceptors (Lipinski definition) is 3. The van der Waals surface area contributed by atoms with Crippen LogP contribution in [0.4, 0.5) is 4.39 Å². The highest BCUT2D eigenvalue weighted by atomic mass is 19.1. The summed E-state index contributed by atoms with van der Waals surface area (Å²) in [6.07, 6.45) is 3.76. The Labute approximate surface area is 103 Å². The number of aromatic carboxylic acids is 1. The molecule has 1 fully saturated rings. The third-order valence-corrected chi connectivity index (χ3v) is 3.49. The maximum Gasteiger partial charge on any atom is 0.338 e. The molecule has 1 aliphatic rings. The van der Waals surface area contributed by atoms with E-state index in [2.05, 4.69) is 4.99 Å². The highest BCUT2D eigenvalue weighted by molar-refractivity contribution is 5.88. The van der Waals surface area contributed by atoms with Gasteiger partial charge in [0.25, 0.3) is 0 Å². The molecule has 1 aromatic rings. The Morgan fingerprint density at radius 1 is 1.50 bits per heavy atom. The van der Waals surface area contributed by atoms with Crippen molar-refractivity contribution in [2.45, 2.75) is 31.7 Å². The first-order valence-corrected chi connectivity index (χ1v) is 5.63. The van der Waals surface area contributed by atoms with Gasteiger partial charge in [0, 0.05) is 0 Å². The van der Waals surface area contributed by atoms with Crippen molar-refractivity contribution in [3.8, 4) is 0 Å². The van der Waals surface area contributed by atoms with Gasteiger partial charge < -0.3 is 5.11 Å². The molecule has 0 aromatic heterocycles. The number of benzene rings is 1. The minimum absolute atomic E-state index is 0.386. The van der Waals surface area contributed by atoms with Crippen LogP contribution in [0, 0.1) is 12.7 Å². The number of carbonyl (C=O) groups excluding carboxylic acids is 1. The Hall–Kier alpha value is -2.00. The van der Waals surface area contributed by atoms with Crippen LogP contribution in [0.1, 0.15) is 40.7 Å². The SMILES string of the molecule is Cc1cc(F)c(C(=O)O)cc1C1(N=C=O)CCC1. The molecule has 5 heteroatoms. The number of rotatable bonds is 3. The van der Waals surface area contributed by atoms with Gasteiger partial charge in [0.2, 0.25) is 6.08 Å². The summed E-state index contributed by atoms with van der Waals surface area (Å²) in [7, 11) is 0. The summed E-state index contributed by atoms with van der Waals surface area (Å²) in [5.41, 5.74) is 0.124. The zero-order valence-electron chi connectivity index (χ0n) is 9.86. The molecule has 0 bridgehead atoms. The Bertz CT molecular complexity index is 558. The largest absolute Gasteiger partial charge is 0.478 e. The summed E-state index contributed by atoms with van der Waals surface area (Å²) in [5.74, 6) is -2.09. The molecular formula is C13H12FNO3. The number of carboxylic acid groups (broad SMARTS) is 1. The van der Waals surface area contributed by atoms with E-state index in [1.54, 1.807) is 6.92 Å². The Morgan fingerprint density at radius 2 is 2.17 bits per heavy atom. The lowest BCUT2D eigenvalue weighted by atomic mass is 9.70. The molecule has 0 heterocycles. The molecule has 0 radical (unpaired) electrons. The summed E-state index contributed by atoms with van der Waals surface area (Å²) in [4.78, 5) is 25.2. The first-order valence-electron chi connectivity index (χ1n) is 5.63. The van der Waals surface area contributed by atoms with Gasteiger partial charge >= 0.3 is 5.97 Å². The zero-order valence-corrected chi connectivity index (χ0v) is 9.86. The minimum Gasteiger partial charge on any atom is -0.478 e. The molecule has 0 saturated heterocycles. The number of aliphatic imine (C=N–C) groups is 1. The van der Waals surface area contributed by atoms with Gasteiger partial charge in [-0.15, -0.1) is 0 Å². The zero-order chi connectivity index (χ0) is 13.3. The molecule has 2 rings (SSSR count). The van der Waals surface area contributed by atoms with E-state index in [1.165, 1.54) is 18.2 Å². The number of isocyanates is 1. The molecule has 0 atom stereocenters. The predicted molar refractivity (Wildman–Crippen MR) is 61.7 cm³/mol. The van der Waals surface area contributed by atoms with E-state index in [1.807, 2.05) is 0 Å². The molecule has 4 nitrogen and oxygen atoms in total. The third kappa shape index (κ3) is 1.83. The molecule has 1 N–H and O–H groups in total. The molecule has 1 aliphatic carbocycles. The van der Waals surface area contributed by atoms with Gasteiger partial charge in [-0.1, -0.05) is 0 Å². The number of hydrogen-bond donors (Lipinski definition) is 1. The smallest absolute Gasteiger partial charge is 0.338 e. The fourth-order valence-electron chi connectivity index (χ4n) is 2.38. The number of halogens is 1. The first-order chi connectivity index (χ1) is 8.50. The lowest BCUT2D eigenvalue weighted by Gasteiger charge is -2.38. The van der Waals surface area contributed by atoms with Gasteiger partial charge in [-0.25, -0.2) is 14.0 Å². The van der Waals surface area contributed by atoms with E-state index in [-0.39, 0.29) is 5.56 Å². The lowest BCUT2D eigenvalue weighted by molar-refractivity contribution is 0.0691. The van der Waals surface area contributed by atoms with Gasteiger partial charge in [0.15, 0.2) is 0 Å². The maximum absolute atomic E-state index is 13.5. The molecule has 1 saturated carbocycles. The number of nitrogens with zero attached hydrogens (tertiary/aromatic N) is 1. The standard InChI is InChI=1S/C13H12FNO3/c1-8-5-11(14)9(12(17)18)6-10(8)13(15-7-16)3-2-4-13/h5-6H,2-4H2,1H3,(H,17,18). The van der Waals surface area contributed by atoms with Crippen molar-refractivity contribution >= 4 is 12.0 Å². The molecule has 1 aromatic carbocycles. The topological polar surface area (TPSA) is 66.7 Å². The molecular weight excluding hydrogens is 237 g/mol. The molecule has 18 heavy (non-hydrogen) atoms. The lowest BCUT2D eigenvalue weighted by Crippen LogP contribution is -2.33. The fourth-order valence-corrected chi connectivity index (χ4v) is 2.38. The van der Waals surface area contributed by atoms with Crippen LogP contribution in [0.5, 0.6) is 0 Å². The average molecular weight is 249 g/mol. The van der Waals surface area contributed by atoms with E-state index >= 15 is 0 Å². The Balaban J connectivity index is 2.60. The van der Waals surface area contributed by atoms with E-state index in [0.717, 1.165) is 6.42 Å². The van der Waals surface area contributed by atoms with Gasteiger partial charge in [0.1, 0.15) is 5.82 Å². The second-order valence-corrected chi connectivity index (χ2v) is 4.54. The van der Waals surface area contributed by atoms with E-state index < -0.39 is 17.3 Å². The van der Waals surface area contributed by atoms with Gasteiger partial charge in [-0.2, -0.15) is 4.99 Å². The Morgan fingerprint density at radius 3 is 2.61 bits per heavy atom. The van der Waals surface area contributed by atoms with Gasteiger partial charge in [0.05, 0.1) is 11.1 Å². The van der Waals surface area contributed by atoms with Crippen molar-refractivity contribution < 1.29 is 19.1 Å². The van der Waals surface area contributed by atoms with Crippen LogP contribution in [0.15, 0.2) is 17.1 Å². The highest BCUT2D eigenvalue weighted by Crippen LogP contribution is 2.46. The summed E-state index contributed by atoms with van der Waals surface area (Å²) in [6.45, 7) is 1.68. The average Bonchev–Trinajstić information content (AvgIpc) is 2.24. The van der Waals surface area contributed by atoms with Crippen molar-refractivity contribution in [1.29, 1.82) is 0 Å². The van der Waals surface area contributed by atoms with Crippen LogP contribution in [-0.4, -0.2) is 17.2 Å². The van der Waals surface area contributed by atoms with Gasteiger partial charge in [-0.3, -0.25) is 0 Å². The maximum atomic E-state index is 13.5. The number of aryl methyl sites for hydroxylation is 1. The third-order valence-electron chi connectivity index (χ3n) is 3.49. The van der Waals surface area contributed by atoms with Crippen molar-refractivity contribution in [1.82, 2.24) is 0 Å². The van der Waals surface area contributed by atoms with E-state index in [4.69, 9.17) is 5.11 Å². The van der Waals surface area contributed by atoms with Crippen LogP contribution in [0.3, 0.4) is 0 Å². The molecule has 0 spiro atoms. The molecule has 0 amide bonds. The number of carbonyl (C=O) groups is 1. The van der Waals surface area contributed by atoms with E-state index in [0.29, 0.717) is 24.0 Å². The van der Waals surface area contributed by atoms with Crippen molar-refractivity contribution in [3.63, 3.8) is 0 Å². The summed E-state index contributed by atoms with van der Waals surface area (Å²) >= 11 is 0. The second kappa shape index (κ2) is 4.35. The van der Waals surface area contributed by atoms with Gasteiger partial charge in [-0.05, 0) is 49.4 Å². The summed E-state index contributed by atoms with van der Waals surface area (Å²) in [5, 5.41) is 8.92. The minimum atomic E-state index is -1.32. The molecule has 94 valence electrons. The van der Waals surface area contributed by atoms with Crippen molar-refractivity contribution in [2.24, 2.45) is 4.99 Å². The van der Waals surface area contributed by atoms with Crippen LogP contribution < -0.4 is 0 Å². The summed E-state index contributed by atoms with van der Waals surface area (Å²) < 4.78 is 13.5. The van der Waals surface area contributed by atoms with Crippen molar-refractivity contribution in [2.75, 3.05) is 0 Å². The predicted octanol–water partition coefficient (Wildman–Crippen LogP) is 2.55.